The van der Waals surface area contributed by atoms with E-state index < -0.39 is 23.7 Å². The lowest BCUT2D eigenvalue weighted by Crippen LogP contribution is -2.42. The van der Waals surface area contributed by atoms with Gasteiger partial charge in [0.25, 0.3) is 11.8 Å². The summed E-state index contributed by atoms with van der Waals surface area (Å²) in [6.07, 6.45) is 2.38. The lowest BCUT2D eigenvalue weighted by molar-refractivity contribution is -0.132. The van der Waals surface area contributed by atoms with Gasteiger partial charge in [0, 0.05) is 63.5 Å². The highest BCUT2D eigenvalue weighted by Crippen LogP contribution is 2.29. The standard InChI is InChI=1S/C68H64N6O6/c75-63(69-33-29-45-17-21-49-9-1-5-13-55(49)37-45)59-41-73(42-60(59)64(76)70-34-30-46-18-22-50-10-2-6-14-56(50)38-46)67(79)53-25-27-54(28-26-53)68(80)74-43-61(65(77)71-35-31-47-19-23-51-11-3-7-15-57(51)39-47)62(44-74)66(78)72-36-32-48-20-24-52-12-4-8-16-58(52)40-48/h1-28,37-40,59-62H,29-36,41-44H2,(H,69,75)(H,70,76)(H,71,77)(H,72,78)/t59-,60-,61-,62-/m0/s1. The molecule has 402 valence electrons. The van der Waals surface area contributed by atoms with E-state index in [2.05, 4.69) is 143 Å². The van der Waals surface area contributed by atoms with E-state index in [-0.39, 0.29) is 61.6 Å². The number of nitrogens with one attached hydrogen (secondary N) is 4. The lowest BCUT2D eigenvalue weighted by atomic mass is 9.94. The molecule has 9 aromatic rings. The minimum Gasteiger partial charge on any atom is -0.355 e. The number of rotatable bonds is 18. The predicted octanol–water partition coefficient (Wildman–Crippen LogP) is 9.11. The summed E-state index contributed by atoms with van der Waals surface area (Å²) in [7, 11) is 0. The molecule has 2 aliphatic heterocycles. The largest absolute Gasteiger partial charge is 0.355 e. The second kappa shape index (κ2) is 24.2. The predicted molar refractivity (Wildman–Crippen MR) is 315 cm³/mol. The van der Waals surface area contributed by atoms with Crippen LogP contribution in [0, 0.1) is 23.7 Å². The lowest BCUT2D eigenvalue weighted by Gasteiger charge is -2.18. The SMILES string of the molecule is O=C(NCCc1ccc2ccccc2c1)[C@H]1CN(C(=O)c2ccc(C(=O)N3C[C@H](C(=O)NCCc4ccc5ccccc5c4)[C@@H](C(=O)NCCc4ccc5ccccc5c4)C3)cc2)C[C@@H]1C(=O)NCCc1ccc2ccccc2c1. The van der Waals surface area contributed by atoms with Crippen molar-refractivity contribution in [3.63, 3.8) is 0 Å². The van der Waals surface area contributed by atoms with Crippen molar-refractivity contribution in [1.82, 2.24) is 31.1 Å². The Balaban J connectivity index is 0.745. The number of carbonyl (C=O) groups is 6. The van der Waals surface area contributed by atoms with Gasteiger partial charge in [0.2, 0.25) is 23.6 Å². The van der Waals surface area contributed by atoms with Crippen LogP contribution in [0.25, 0.3) is 43.1 Å². The van der Waals surface area contributed by atoms with E-state index in [4.69, 9.17) is 0 Å². The van der Waals surface area contributed by atoms with Gasteiger partial charge in [-0.15, -0.1) is 0 Å². The van der Waals surface area contributed by atoms with Gasteiger partial charge in [0.1, 0.15) is 0 Å². The maximum absolute atomic E-state index is 14.3. The average Bonchev–Trinajstić information content (AvgIpc) is 4.17. The van der Waals surface area contributed by atoms with E-state index >= 15 is 0 Å². The molecule has 0 unspecified atom stereocenters. The Bertz CT molecular complexity index is 3330. The van der Waals surface area contributed by atoms with E-state index in [1.54, 1.807) is 34.1 Å². The smallest absolute Gasteiger partial charge is 0.253 e. The molecule has 2 fully saturated rings. The third-order valence-electron chi connectivity index (χ3n) is 16.0. The minimum atomic E-state index is -0.792. The molecule has 2 heterocycles. The molecule has 11 rings (SSSR count). The van der Waals surface area contributed by atoms with Gasteiger partial charge in [-0.3, -0.25) is 28.8 Å². The summed E-state index contributed by atoms with van der Waals surface area (Å²) < 4.78 is 0. The molecule has 0 spiro atoms. The van der Waals surface area contributed by atoms with Crippen LogP contribution in [0.5, 0.6) is 0 Å². The van der Waals surface area contributed by atoms with Gasteiger partial charge >= 0.3 is 0 Å². The highest BCUT2D eigenvalue weighted by Gasteiger charge is 2.45. The molecule has 12 nitrogen and oxygen atoms in total. The Kier molecular flexibility index (Phi) is 16.0. The molecule has 12 heteroatoms. The fraction of sp³-hybridized carbons (Fsp3) is 0.235. The Labute approximate surface area is 465 Å². The molecule has 0 bridgehead atoms. The third kappa shape index (κ3) is 12.2. The van der Waals surface area contributed by atoms with Crippen molar-refractivity contribution in [3.8, 4) is 0 Å². The summed E-state index contributed by atoms with van der Waals surface area (Å²) in [5.74, 6) is -5.09. The van der Waals surface area contributed by atoms with Crippen LogP contribution in [-0.4, -0.2) is 97.6 Å². The van der Waals surface area contributed by atoms with Gasteiger partial charge in [-0.2, -0.15) is 0 Å². The highest BCUT2D eigenvalue weighted by molar-refractivity contribution is 6.00. The molecule has 2 aliphatic rings. The van der Waals surface area contributed by atoms with Crippen LogP contribution in [0.2, 0.25) is 0 Å². The molecule has 0 radical (unpaired) electrons. The summed E-state index contributed by atoms with van der Waals surface area (Å²) in [5, 5.41) is 21.3. The molecule has 2 saturated heterocycles. The Hall–Kier alpha value is -9.16. The summed E-state index contributed by atoms with van der Waals surface area (Å²) in [6, 6.07) is 63.7. The topological polar surface area (TPSA) is 157 Å². The monoisotopic (exact) mass is 1060 g/mol. The van der Waals surface area contributed by atoms with E-state index in [0.29, 0.717) is 63.0 Å². The van der Waals surface area contributed by atoms with Crippen LogP contribution in [-0.2, 0) is 44.9 Å². The highest BCUT2D eigenvalue weighted by atomic mass is 16.2. The Morgan fingerprint density at radius 1 is 0.300 bits per heavy atom. The van der Waals surface area contributed by atoms with Crippen molar-refractivity contribution in [2.24, 2.45) is 23.7 Å². The number of benzene rings is 9. The maximum atomic E-state index is 14.3. The van der Waals surface area contributed by atoms with Crippen molar-refractivity contribution in [1.29, 1.82) is 0 Å². The van der Waals surface area contributed by atoms with Crippen LogP contribution in [0.3, 0.4) is 0 Å². The third-order valence-corrected chi connectivity index (χ3v) is 16.0. The van der Waals surface area contributed by atoms with Crippen molar-refractivity contribution in [3.05, 3.63) is 228 Å². The normalized spacial score (nSPS) is 16.9. The number of carbonyl (C=O) groups excluding carboxylic acids is 6. The first-order valence-corrected chi connectivity index (χ1v) is 27.8. The van der Waals surface area contributed by atoms with Crippen molar-refractivity contribution in [2.45, 2.75) is 25.7 Å². The first-order chi connectivity index (χ1) is 39.1. The first kappa shape index (κ1) is 52.9. The van der Waals surface area contributed by atoms with Gasteiger partial charge in [-0.25, -0.2) is 0 Å². The number of fused-ring (bicyclic) bond motifs is 4. The van der Waals surface area contributed by atoms with E-state index in [9.17, 15) is 28.8 Å². The number of hydrogen-bond acceptors (Lipinski definition) is 6. The summed E-state index contributed by atoms with van der Waals surface area (Å²) in [5.41, 5.74) is 4.88. The average molecular weight is 1060 g/mol. The van der Waals surface area contributed by atoms with Crippen molar-refractivity contribution >= 4 is 78.5 Å². The zero-order valence-electron chi connectivity index (χ0n) is 44.6. The number of nitrogens with zero attached hydrogens (tertiary/aromatic N) is 2. The second-order valence-corrected chi connectivity index (χ2v) is 21.3. The van der Waals surface area contributed by atoms with Gasteiger partial charge < -0.3 is 31.1 Å². The summed E-state index contributed by atoms with van der Waals surface area (Å²) in [6.45, 7) is 1.59. The van der Waals surface area contributed by atoms with E-state index in [1.807, 2.05) is 48.5 Å². The molecule has 0 aliphatic carbocycles. The number of amides is 6. The number of likely N-dealkylation sites (tertiary alicyclic amines) is 2. The summed E-state index contributed by atoms with van der Waals surface area (Å²) >= 11 is 0. The zero-order chi connectivity index (χ0) is 55.0. The van der Waals surface area contributed by atoms with Gasteiger partial charge in [-0.05, 0) is 115 Å². The second-order valence-electron chi connectivity index (χ2n) is 21.3. The van der Waals surface area contributed by atoms with Crippen LogP contribution < -0.4 is 21.3 Å². The zero-order valence-corrected chi connectivity index (χ0v) is 44.6. The fourth-order valence-corrected chi connectivity index (χ4v) is 11.5. The molecule has 6 amide bonds. The molecule has 9 aromatic carbocycles. The minimum absolute atomic E-state index is 0.0370. The van der Waals surface area contributed by atoms with Gasteiger partial charge in [0.15, 0.2) is 0 Å². The Morgan fingerprint density at radius 2 is 0.525 bits per heavy atom. The van der Waals surface area contributed by atoms with Crippen LogP contribution in [0.4, 0.5) is 0 Å². The molecule has 4 atom stereocenters. The number of hydrogen-bond donors (Lipinski definition) is 4. The summed E-state index contributed by atoms with van der Waals surface area (Å²) in [4.78, 5) is 87.9. The Morgan fingerprint density at radius 3 is 0.762 bits per heavy atom. The molecule has 80 heavy (non-hydrogen) atoms. The molecule has 0 saturated carbocycles. The van der Waals surface area contributed by atoms with E-state index in [1.165, 1.54) is 0 Å². The van der Waals surface area contributed by atoms with Gasteiger partial charge in [-0.1, -0.05) is 170 Å². The van der Waals surface area contributed by atoms with Crippen molar-refractivity contribution in [2.75, 3.05) is 52.4 Å². The first-order valence-electron chi connectivity index (χ1n) is 27.8. The van der Waals surface area contributed by atoms with Gasteiger partial charge in [0.05, 0.1) is 23.7 Å². The maximum Gasteiger partial charge on any atom is 0.253 e. The fourth-order valence-electron chi connectivity index (χ4n) is 11.5. The quantitative estimate of drug-likeness (QED) is 0.0672. The van der Waals surface area contributed by atoms with Crippen molar-refractivity contribution < 1.29 is 28.8 Å². The van der Waals surface area contributed by atoms with Crippen LogP contribution in [0.1, 0.15) is 43.0 Å². The van der Waals surface area contributed by atoms with Crippen LogP contribution >= 0.6 is 0 Å². The molecular formula is C68H64N6O6. The molecule has 4 N–H and O–H groups in total. The van der Waals surface area contributed by atoms with Crippen LogP contribution in [0.15, 0.2) is 194 Å². The molecule has 0 aromatic heterocycles. The van der Waals surface area contributed by atoms with E-state index in [0.717, 1.165) is 65.3 Å². The molecular weight excluding hydrogens is 997 g/mol.